The van der Waals surface area contributed by atoms with E-state index in [1.54, 1.807) is 23.0 Å². The van der Waals surface area contributed by atoms with Gasteiger partial charge < -0.3 is 15.4 Å². The van der Waals surface area contributed by atoms with E-state index in [-0.39, 0.29) is 6.73 Å². The molecule has 0 fully saturated rings. The van der Waals surface area contributed by atoms with Crippen molar-refractivity contribution in [3.8, 4) is 5.75 Å². The highest BCUT2D eigenvalue weighted by molar-refractivity contribution is 7.80. The van der Waals surface area contributed by atoms with Crippen molar-refractivity contribution in [1.82, 2.24) is 15.1 Å². The van der Waals surface area contributed by atoms with Gasteiger partial charge in [0.2, 0.25) is 0 Å². The largest absolute Gasteiger partial charge is 0.471 e. The third kappa shape index (κ3) is 5.48. The van der Waals surface area contributed by atoms with Crippen LogP contribution in [0.2, 0.25) is 5.02 Å². The molecule has 0 atom stereocenters. The lowest BCUT2D eigenvalue weighted by molar-refractivity contribution is 0.221. The van der Waals surface area contributed by atoms with Crippen molar-refractivity contribution >= 4 is 34.6 Å². The summed E-state index contributed by atoms with van der Waals surface area (Å²) in [5.41, 5.74) is 1.96. The highest BCUT2D eigenvalue weighted by atomic mass is 35.5. The molecular formula is C18H17ClN4OS. The molecule has 0 aliphatic rings. The summed E-state index contributed by atoms with van der Waals surface area (Å²) in [5, 5.41) is 11.7. The summed E-state index contributed by atoms with van der Waals surface area (Å²) in [6.07, 6.45) is 3.51. The van der Waals surface area contributed by atoms with Crippen LogP contribution >= 0.6 is 23.8 Å². The summed E-state index contributed by atoms with van der Waals surface area (Å²) in [6.45, 7) is 0.949. The van der Waals surface area contributed by atoms with Crippen LogP contribution in [0.1, 0.15) is 5.56 Å². The smallest absolute Gasteiger partial charge is 0.180 e. The van der Waals surface area contributed by atoms with E-state index < -0.39 is 0 Å². The van der Waals surface area contributed by atoms with Gasteiger partial charge in [0.15, 0.2) is 11.8 Å². The molecule has 0 aliphatic heterocycles. The fourth-order valence-corrected chi connectivity index (χ4v) is 2.52. The van der Waals surface area contributed by atoms with Gasteiger partial charge >= 0.3 is 0 Å². The Hall–Kier alpha value is -2.57. The quantitative estimate of drug-likeness (QED) is 0.639. The maximum atomic E-state index is 5.93. The molecule has 0 saturated carbocycles. The fourth-order valence-electron chi connectivity index (χ4n) is 2.15. The van der Waals surface area contributed by atoms with Crippen LogP contribution in [0.15, 0.2) is 67.0 Å². The molecule has 0 saturated heterocycles. The Balaban J connectivity index is 1.47. The first-order valence-electron chi connectivity index (χ1n) is 7.69. The molecule has 0 amide bonds. The van der Waals surface area contributed by atoms with E-state index in [9.17, 15) is 0 Å². The van der Waals surface area contributed by atoms with Crippen LogP contribution in [0.4, 0.5) is 5.69 Å². The number of benzene rings is 2. The zero-order valence-electron chi connectivity index (χ0n) is 13.4. The van der Waals surface area contributed by atoms with E-state index in [1.165, 1.54) is 0 Å². The van der Waals surface area contributed by atoms with Gasteiger partial charge in [0, 0.05) is 11.6 Å². The van der Waals surface area contributed by atoms with Gasteiger partial charge in [-0.3, -0.25) is 0 Å². The molecule has 128 valence electrons. The Morgan fingerprint density at radius 3 is 2.80 bits per heavy atom. The molecule has 7 heteroatoms. The number of aromatic nitrogens is 2. The maximum absolute atomic E-state index is 5.93. The number of rotatable bonds is 6. The molecule has 1 aromatic heterocycles. The van der Waals surface area contributed by atoms with Gasteiger partial charge in [-0.1, -0.05) is 48.0 Å². The number of hydrogen-bond donors (Lipinski definition) is 2. The molecule has 3 rings (SSSR count). The molecule has 2 aromatic carbocycles. The average Bonchev–Trinajstić information content (AvgIpc) is 3.06. The number of hydrogen-bond acceptors (Lipinski definition) is 3. The highest BCUT2D eigenvalue weighted by Crippen LogP contribution is 2.17. The third-order valence-corrected chi connectivity index (χ3v) is 3.83. The number of anilines is 1. The number of ether oxygens (including phenoxy) is 1. The van der Waals surface area contributed by atoms with Crippen molar-refractivity contribution in [3.05, 3.63) is 77.6 Å². The minimum Gasteiger partial charge on any atom is -0.471 e. The SMILES string of the molecule is S=C(NCc1ccccc1)Nc1cnn(COc2cccc(Cl)c2)c1. The van der Waals surface area contributed by atoms with Crippen molar-refractivity contribution in [2.24, 2.45) is 0 Å². The van der Waals surface area contributed by atoms with Crippen LogP contribution in [0.25, 0.3) is 0 Å². The number of halogens is 1. The van der Waals surface area contributed by atoms with Crippen LogP contribution in [0.5, 0.6) is 5.75 Å². The number of thiocarbonyl (C=S) groups is 1. The van der Waals surface area contributed by atoms with E-state index in [2.05, 4.69) is 15.7 Å². The van der Waals surface area contributed by atoms with E-state index >= 15 is 0 Å². The predicted molar refractivity (Wildman–Crippen MR) is 104 cm³/mol. The van der Waals surface area contributed by atoms with Crippen molar-refractivity contribution in [3.63, 3.8) is 0 Å². The van der Waals surface area contributed by atoms with Crippen LogP contribution in [-0.4, -0.2) is 14.9 Å². The Bertz CT molecular complexity index is 838. The van der Waals surface area contributed by atoms with Gasteiger partial charge in [-0.15, -0.1) is 0 Å². The van der Waals surface area contributed by atoms with Crippen LogP contribution in [0, 0.1) is 0 Å². The lowest BCUT2D eigenvalue weighted by atomic mass is 10.2. The van der Waals surface area contributed by atoms with E-state index in [1.807, 2.05) is 48.7 Å². The van der Waals surface area contributed by atoms with Gasteiger partial charge in [-0.2, -0.15) is 5.10 Å². The first-order chi connectivity index (χ1) is 12.2. The van der Waals surface area contributed by atoms with Gasteiger partial charge in [0.25, 0.3) is 0 Å². The topological polar surface area (TPSA) is 51.1 Å². The van der Waals surface area contributed by atoms with E-state index in [4.69, 9.17) is 28.6 Å². The monoisotopic (exact) mass is 372 g/mol. The van der Waals surface area contributed by atoms with Gasteiger partial charge in [0.1, 0.15) is 5.75 Å². The van der Waals surface area contributed by atoms with Crippen LogP contribution in [0.3, 0.4) is 0 Å². The summed E-state index contributed by atoms with van der Waals surface area (Å²) < 4.78 is 7.31. The van der Waals surface area contributed by atoms with Crippen LogP contribution in [-0.2, 0) is 13.3 Å². The van der Waals surface area contributed by atoms with Gasteiger partial charge in [-0.05, 0) is 36.0 Å². The molecule has 0 aliphatic carbocycles. The van der Waals surface area contributed by atoms with Gasteiger partial charge in [-0.25, -0.2) is 4.68 Å². The molecule has 5 nitrogen and oxygen atoms in total. The number of nitrogens with one attached hydrogen (secondary N) is 2. The summed E-state index contributed by atoms with van der Waals surface area (Å²) in [4.78, 5) is 0. The third-order valence-electron chi connectivity index (χ3n) is 3.35. The first kappa shape index (κ1) is 17.3. The molecular weight excluding hydrogens is 356 g/mol. The number of nitrogens with zero attached hydrogens (tertiary/aromatic N) is 2. The second kappa shape index (κ2) is 8.50. The van der Waals surface area contributed by atoms with E-state index in [0.717, 1.165) is 11.3 Å². The molecule has 25 heavy (non-hydrogen) atoms. The second-order valence-corrected chi connectivity index (χ2v) is 6.14. The fraction of sp³-hybridized carbons (Fsp3) is 0.111. The standard InChI is InChI=1S/C18H17ClN4OS/c19-15-7-4-8-17(9-15)24-13-23-12-16(11-21-23)22-18(25)20-10-14-5-2-1-3-6-14/h1-9,11-12H,10,13H2,(H2,20,22,25). The Labute approximate surface area is 156 Å². The second-order valence-electron chi connectivity index (χ2n) is 5.29. The summed E-state index contributed by atoms with van der Waals surface area (Å²) in [5.74, 6) is 0.692. The zero-order valence-corrected chi connectivity index (χ0v) is 14.9. The minimum atomic E-state index is 0.284. The minimum absolute atomic E-state index is 0.284. The predicted octanol–water partition coefficient (Wildman–Crippen LogP) is 4.06. The Kier molecular flexibility index (Phi) is 5.87. The lowest BCUT2D eigenvalue weighted by Gasteiger charge is -2.09. The van der Waals surface area contributed by atoms with Gasteiger partial charge in [0.05, 0.1) is 18.1 Å². The summed E-state index contributed by atoms with van der Waals surface area (Å²) >= 11 is 11.2. The van der Waals surface area contributed by atoms with Crippen LogP contribution < -0.4 is 15.4 Å². The molecule has 0 spiro atoms. The molecule has 0 unspecified atom stereocenters. The summed E-state index contributed by atoms with van der Waals surface area (Å²) in [6, 6.07) is 17.3. The molecule has 3 aromatic rings. The van der Waals surface area contributed by atoms with Crippen molar-refractivity contribution < 1.29 is 4.74 Å². The van der Waals surface area contributed by atoms with Crippen molar-refractivity contribution in [2.45, 2.75) is 13.3 Å². The van der Waals surface area contributed by atoms with E-state index in [0.29, 0.717) is 22.4 Å². The highest BCUT2D eigenvalue weighted by Gasteiger charge is 2.02. The Morgan fingerprint density at radius 2 is 2.00 bits per heavy atom. The molecule has 0 bridgehead atoms. The summed E-state index contributed by atoms with van der Waals surface area (Å²) in [7, 11) is 0. The van der Waals surface area contributed by atoms with Crippen molar-refractivity contribution in [2.75, 3.05) is 5.32 Å². The molecule has 2 N–H and O–H groups in total. The molecule has 1 heterocycles. The van der Waals surface area contributed by atoms with Crippen molar-refractivity contribution in [1.29, 1.82) is 0 Å². The Morgan fingerprint density at radius 1 is 1.16 bits per heavy atom. The zero-order chi connectivity index (χ0) is 17.5. The maximum Gasteiger partial charge on any atom is 0.180 e. The lowest BCUT2D eigenvalue weighted by Crippen LogP contribution is -2.27. The normalized spacial score (nSPS) is 10.3. The first-order valence-corrected chi connectivity index (χ1v) is 8.47. The molecule has 0 radical (unpaired) electrons. The average molecular weight is 373 g/mol.